The molecule has 1 unspecified atom stereocenters. The Morgan fingerprint density at radius 3 is 2.71 bits per heavy atom. The molecule has 1 heterocycles. The number of ether oxygens (including phenoxy) is 1. The molecule has 0 saturated carbocycles. The minimum absolute atomic E-state index is 0.215. The van der Waals surface area contributed by atoms with Gasteiger partial charge in [0.2, 0.25) is 11.8 Å². The Bertz CT molecular complexity index is 680. The number of rotatable bonds is 4. The second-order valence-electron chi connectivity index (χ2n) is 4.07. The Kier molecular flexibility index (Phi) is 4.85. The van der Waals surface area contributed by atoms with Crippen molar-refractivity contribution in [1.82, 2.24) is 10.2 Å². The number of carbonyl (C=O) groups is 1. The quantitative estimate of drug-likeness (QED) is 0.860. The van der Waals surface area contributed by atoms with Gasteiger partial charge < -0.3 is 10.1 Å². The van der Waals surface area contributed by atoms with Crippen molar-refractivity contribution in [2.24, 2.45) is 0 Å². The summed E-state index contributed by atoms with van der Waals surface area (Å²) in [5.74, 6) is 0.753. The number of aromatic nitrogens is 2. The molecule has 0 saturated heterocycles. The molecule has 0 spiro atoms. The van der Waals surface area contributed by atoms with Crippen LogP contribution in [0.15, 0.2) is 36.4 Å². The molecule has 0 radical (unpaired) electrons. The van der Waals surface area contributed by atoms with Gasteiger partial charge in [0.15, 0.2) is 5.82 Å². The summed E-state index contributed by atoms with van der Waals surface area (Å²) in [6, 6.07) is 12.0. The molecule has 0 bridgehead atoms. The Morgan fingerprint density at radius 1 is 1.33 bits per heavy atom. The lowest BCUT2D eigenvalue weighted by atomic mass is 10.2. The third kappa shape index (κ3) is 4.00. The molecule has 1 N–H and O–H groups in total. The fourth-order valence-corrected chi connectivity index (χ4v) is 1.54. The summed E-state index contributed by atoms with van der Waals surface area (Å²) in [6.07, 6.45) is 0. The number of hydrogen-bond acceptors (Lipinski definition) is 5. The van der Waals surface area contributed by atoms with E-state index in [-0.39, 0.29) is 16.6 Å². The maximum atomic E-state index is 11.5. The van der Waals surface area contributed by atoms with E-state index in [0.29, 0.717) is 17.1 Å². The summed E-state index contributed by atoms with van der Waals surface area (Å²) in [7, 11) is 0. The summed E-state index contributed by atoms with van der Waals surface area (Å²) >= 11 is 3.16. The van der Waals surface area contributed by atoms with Crippen LogP contribution in [0.3, 0.4) is 0 Å². The fraction of sp³-hybridized carbons (Fsp3) is 0.143. The van der Waals surface area contributed by atoms with Crippen molar-refractivity contribution in [3.63, 3.8) is 0 Å². The Labute approximate surface area is 129 Å². The average Bonchev–Trinajstić information content (AvgIpc) is 2.49. The number of anilines is 1. The number of hydrogen-bond donors (Lipinski definition) is 1. The van der Waals surface area contributed by atoms with Gasteiger partial charge in [0.05, 0.1) is 10.4 Å². The number of nitriles is 1. The van der Waals surface area contributed by atoms with E-state index in [9.17, 15) is 4.79 Å². The van der Waals surface area contributed by atoms with Gasteiger partial charge in [-0.2, -0.15) is 5.26 Å². The number of nitrogens with one attached hydrogen (secondary N) is 1. The minimum Gasteiger partial charge on any atom is -0.436 e. The lowest BCUT2D eigenvalue weighted by Gasteiger charge is -2.07. The highest BCUT2D eigenvalue weighted by molar-refractivity contribution is 9.10. The van der Waals surface area contributed by atoms with E-state index < -0.39 is 0 Å². The molecule has 1 amide bonds. The monoisotopic (exact) mass is 346 g/mol. The molecule has 21 heavy (non-hydrogen) atoms. The van der Waals surface area contributed by atoms with E-state index in [2.05, 4.69) is 31.4 Å². The van der Waals surface area contributed by atoms with E-state index in [4.69, 9.17) is 10.00 Å². The van der Waals surface area contributed by atoms with Crippen molar-refractivity contribution in [3.8, 4) is 17.7 Å². The van der Waals surface area contributed by atoms with Crippen LogP contribution in [0.4, 0.5) is 5.82 Å². The third-order valence-electron chi connectivity index (χ3n) is 2.47. The molecular formula is C14H11BrN4O2. The van der Waals surface area contributed by atoms with Gasteiger partial charge >= 0.3 is 0 Å². The van der Waals surface area contributed by atoms with E-state index in [1.54, 1.807) is 43.3 Å². The first-order valence-electron chi connectivity index (χ1n) is 6.06. The molecule has 7 heteroatoms. The van der Waals surface area contributed by atoms with Crippen LogP contribution in [-0.4, -0.2) is 20.9 Å². The van der Waals surface area contributed by atoms with Crippen LogP contribution in [0.1, 0.15) is 12.5 Å². The molecule has 0 aliphatic rings. The number of carbonyl (C=O) groups excluding carboxylic acids is 1. The maximum Gasteiger partial charge on any atom is 0.239 e. The van der Waals surface area contributed by atoms with Crippen molar-refractivity contribution < 1.29 is 9.53 Å². The van der Waals surface area contributed by atoms with Gasteiger partial charge in [0.1, 0.15) is 11.8 Å². The number of para-hydroxylation sites is 1. The lowest BCUT2D eigenvalue weighted by Crippen LogP contribution is -2.20. The molecule has 1 aromatic carbocycles. The van der Waals surface area contributed by atoms with Crippen molar-refractivity contribution in [2.75, 3.05) is 5.32 Å². The highest BCUT2D eigenvalue weighted by Gasteiger charge is 2.10. The smallest absolute Gasteiger partial charge is 0.239 e. The molecule has 2 aromatic rings. The van der Waals surface area contributed by atoms with Gasteiger partial charge in [-0.05, 0) is 25.1 Å². The highest BCUT2D eigenvalue weighted by atomic mass is 79.9. The SMILES string of the molecule is CC(Br)C(=O)Nc1ccc(Oc2ccccc2C#N)nn1. The van der Waals surface area contributed by atoms with Crippen LogP contribution < -0.4 is 10.1 Å². The average molecular weight is 347 g/mol. The van der Waals surface area contributed by atoms with Crippen molar-refractivity contribution in [1.29, 1.82) is 5.26 Å². The molecule has 6 nitrogen and oxygen atoms in total. The second-order valence-corrected chi connectivity index (χ2v) is 5.45. The summed E-state index contributed by atoms with van der Waals surface area (Å²) < 4.78 is 5.49. The Morgan fingerprint density at radius 2 is 2.10 bits per heavy atom. The minimum atomic E-state index is -0.322. The molecule has 0 aliphatic heterocycles. The maximum absolute atomic E-state index is 11.5. The standard InChI is InChI=1S/C14H11BrN4O2/c1-9(15)14(20)17-12-6-7-13(19-18-12)21-11-5-3-2-4-10(11)8-16/h2-7,9H,1H3,(H,17,18,20). The van der Waals surface area contributed by atoms with Crippen LogP contribution >= 0.6 is 15.9 Å². The zero-order valence-corrected chi connectivity index (χ0v) is 12.7. The van der Waals surface area contributed by atoms with Crippen LogP contribution in [0.5, 0.6) is 11.6 Å². The molecular weight excluding hydrogens is 336 g/mol. The predicted molar refractivity (Wildman–Crippen MR) is 80.3 cm³/mol. The summed E-state index contributed by atoms with van der Waals surface area (Å²) in [6.45, 7) is 1.71. The number of halogens is 1. The predicted octanol–water partition coefficient (Wildman–Crippen LogP) is 2.86. The first-order chi connectivity index (χ1) is 10.1. The van der Waals surface area contributed by atoms with Gasteiger partial charge in [-0.3, -0.25) is 4.79 Å². The summed E-state index contributed by atoms with van der Waals surface area (Å²) in [5.41, 5.74) is 0.407. The van der Waals surface area contributed by atoms with E-state index in [1.807, 2.05) is 6.07 Å². The van der Waals surface area contributed by atoms with Crippen LogP contribution in [0.25, 0.3) is 0 Å². The van der Waals surface area contributed by atoms with Crippen LogP contribution in [0.2, 0.25) is 0 Å². The van der Waals surface area contributed by atoms with Crippen molar-refractivity contribution >= 4 is 27.7 Å². The fourth-order valence-electron chi connectivity index (χ4n) is 1.43. The zero-order valence-electron chi connectivity index (χ0n) is 11.1. The van der Waals surface area contributed by atoms with Gasteiger partial charge in [0, 0.05) is 6.07 Å². The third-order valence-corrected chi connectivity index (χ3v) is 2.89. The zero-order chi connectivity index (χ0) is 15.2. The first kappa shape index (κ1) is 14.9. The number of alkyl halides is 1. The second kappa shape index (κ2) is 6.81. The van der Waals surface area contributed by atoms with Gasteiger partial charge in [0.25, 0.3) is 0 Å². The Hall–Kier alpha value is -2.46. The molecule has 0 fully saturated rings. The molecule has 1 aromatic heterocycles. The topological polar surface area (TPSA) is 87.9 Å². The van der Waals surface area contributed by atoms with E-state index >= 15 is 0 Å². The molecule has 1 atom stereocenters. The number of amides is 1. The molecule has 0 aliphatic carbocycles. The summed E-state index contributed by atoms with van der Waals surface area (Å²) in [5, 5.41) is 19.3. The van der Waals surface area contributed by atoms with Crippen LogP contribution in [0, 0.1) is 11.3 Å². The van der Waals surface area contributed by atoms with Crippen LogP contribution in [-0.2, 0) is 4.79 Å². The van der Waals surface area contributed by atoms with E-state index in [1.165, 1.54) is 0 Å². The lowest BCUT2D eigenvalue weighted by molar-refractivity contribution is -0.115. The van der Waals surface area contributed by atoms with Crippen molar-refractivity contribution in [3.05, 3.63) is 42.0 Å². The number of benzene rings is 1. The normalized spacial score (nSPS) is 11.3. The summed E-state index contributed by atoms with van der Waals surface area (Å²) in [4.78, 5) is 11.2. The van der Waals surface area contributed by atoms with Gasteiger partial charge in [-0.1, -0.05) is 28.1 Å². The largest absolute Gasteiger partial charge is 0.436 e. The Balaban J connectivity index is 2.09. The van der Waals surface area contributed by atoms with Gasteiger partial charge in [-0.25, -0.2) is 0 Å². The molecule has 2 rings (SSSR count). The van der Waals surface area contributed by atoms with E-state index in [0.717, 1.165) is 0 Å². The van der Waals surface area contributed by atoms with Crippen molar-refractivity contribution in [2.45, 2.75) is 11.8 Å². The van der Waals surface area contributed by atoms with Gasteiger partial charge in [-0.15, -0.1) is 10.2 Å². The highest BCUT2D eigenvalue weighted by Crippen LogP contribution is 2.23. The first-order valence-corrected chi connectivity index (χ1v) is 6.97. The number of nitrogens with zero attached hydrogens (tertiary/aromatic N) is 3. The molecule has 106 valence electrons.